The lowest BCUT2D eigenvalue weighted by Crippen LogP contribution is -2.36. The summed E-state index contributed by atoms with van der Waals surface area (Å²) in [5.74, 6) is -0.237. The number of hydrogen-bond acceptors (Lipinski definition) is 5. The van der Waals surface area contributed by atoms with Gasteiger partial charge in [0, 0.05) is 13.1 Å². The quantitative estimate of drug-likeness (QED) is 0.753. The molecule has 1 N–H and O–H groups in total. The average Bonchev–Trinajstić information content (AvgIpc) is 2.64. The summed E-state index contributed by atoms with van der Waals surface area (Å²) >= 11 is 23.7. The Hall–Kier alpha value is -1.31. The number of ether oxygens (including phenoxy) is 1. The molecule has 1 aliphatic heterocycles. The number of nitrogens with zero attached hydrogens (tertiary/aromatic N) is 3. The second kappa shape index (κ2) is 7.93. The van der Waals surface area contributed by atoms with Crippen LogP contribution in [-0.2, 0) is 4.74 Å². The number of amides is 1. The molecule has 0 spiro atoms. The summed E-state index contributed by atoms with van der Waals surface area (Å²) in [6, 6.07) is 3.56. The van der Waals surface area contributed by atoms with Crippen LogP contribution in [0.1, 0.15) is 10.5 Å². The zero-order valence-electron chi connectivity index (χ0n) is 12.7. The highest BCUT2D eigenvalue weighted by molar-refractivity contribution is 6.52. The third kappa shape index (κ3) is 4.10. The van der Waals surface area contributed by atoms with Crippen molar-refractivity contribution >= 4 is 63.8 Å². The number of aromatic nitrogens is 2. The summed E-state index contributed by atoms with van der Waals surface area (Å²) in [6.07, 6.45) is 1.68. The van der Waals surface area contributed by atoms with E-state index in [-0.39, 0.29) is 25.9 Å². The first-order chi connectivity index (χ1) is 12.0. The highest BCUT2D eigenvalue weighted by atomic mass is 35.5. The van der Waals surface area contributed by atoms with E-state index in [2.05, 4.69) is 20.2 Å². The molecule has 0 unspecified atom stereocenters. The van der Waals surface area contributed by atoms with Gasteiger partial charge in [0.1, 0.15) is 11.0 Å². The maximum atomic E-state index is 12.4. The fourth-order valence-electron chi connectivity index (χ4n) is 2.28. The predicted octanol–water partition coefficient (Wildman–Crippen LogP) is 4.18. The SMILES string of the molecule is O=C(Nc1ccc(N2CCOCC2)cn1)c1nc(Cl)c(Cl)c(Cl)c1Cl. The van der Waals surface area contributed by atoms with E-state index < -0.39 is 5.91 Å². The van der Waals surface area contributed by atoms with Gasteiger partial charge in [-0.3, -0.25) is 4.79 Å². The molecule has 132 valence electrons. The zero-order valence-corrected chi connectivity index (χ0v) is 15.8. The van der Waals surface area contributed by atoms with E-state index in [9.17, 15) is 4.79 Å². The molecule has 0 aromatic carbocycles. The van der Waals surface area contributed by atoms with E-state index in [4.69, 9.17) is 51.1 Å². The largest absolute Gasteiger partial charge is 0.378 e. The van der Waals surface area contributed by atoms with Crippen molar-refractivity contribution in [1.82, 2.24) is 9.97 Å². The van der Waals surface area contributed by atoms with Gasteiger partial charge in [0.15, 0.2) is 5.69 Å². The number of carbonyl (C=O) groups is 1. The summed E-state index contributed by atoms with van der Waals surface area (Å²) < 4.78 is 5.32. The lowest BCUT2D eigenvalue weighted by atomic mass is 10.3. The smallest absolute Gasteiger partial charge is 0.277 e. The van der Waals surface area contributed by atoms with Crippen LogP contribution in [0.5, 0.6) is 0 Å². The van der Waals surface area contributed by atoms with Gasteiger partial charge < -0.3 is 15.0 Å². The van der Waals surface area contributed by atoms with Crippen LogP contribution in [0, 0.1) is 0 Å². The molecule has 25 heavy (non-hydrogen) atoms. The number of nitrogens with one attached hydrogen (secondary N) is 1. The van der Waals surface area contributed by atoms with Gasteiger partial charge in [0.05, 0.1) is 40.2 Å². The molecule has 0 aliphatic carbocycles. The molecule has 3 rings (SSSR count). The van der Waals surface area contributed by atoms with Gasteiger partial charge >= 0.3 is 0 Å². The Kier molecular flexibility index (Phi) is 5.86. The Labute approximate surface area is 164 Å². The summed E-state index contributed by atoms with van der Waals surface area (Å²) in [5, 5.41) is 2.41. The molecule has 1 fully saturated rings. The third-order valence-electron chi connectivity index (χ3n) is 3.57. The lowest BCUT2D eigenvalue weighted by Gasteiger charge is -2.28. The summed E-state index contributed by atoms with van der Waals surface area (Å²) in [7, 11) is 0. The fraction of sp³-hybridized carbons (Fsp3) is 0.267. The number of rotatable bonds is 3. The van der Waals surface area contributed by atoms with Gasteiger partial charge in [-0.1, -0.05) is 46.4 Å². The van der Waals surface area contributed by atoms with Crippen molar-refractivity contribution in [3.05, 3.63) is 44.2 Å². The molecule has 1 saturated heterocycles. The molecular weight excluding hydrogens is 410 g/mol. The molecule has 2 aromatic heterocycles. The summed E-state index contributed by atoms with van der Waals surface area (Å²) in [4.78, 5) is 22.6. The Balaban J connectivity index is 1.75. The number of carbonyl (C=O) groups excluding carboxylic acids is 1. The van der Waals surface area contributed by atoms with Crippen LogP contribution >= 0.6 is 46.4 Å². The topological polar surface area (TPSA) is 67.4 Å². The Morgan fingerprint density at radius 1 is 1.08 bits per heavy atom. The van der Waals surface area contributed by atoms with Crippen LogP contribution < -0.4 is 10.2 Å². The molecule has 10 heteroatoms. The maximum absolute atomic E-state index is 12.4. The monoisotopic (exact) mass is 420 g/mol. The van der Waals surface area contributed by atoms with Crippen LogP contribution in [0.15, 0.2) is 18.3 Å². The normalized spacial score (nSPS) is 14.5. The van der Waals surface area contributed by atoms with Crippen LogP contribution in [0.3, 0.4) is 0 Å². The van der Waals surface area contributed by atoms with Crippen LogP contribution in [0.25, 0.3) is 0 Å². The van der Waals surface area contributed by atoms with Crippen molar-refractivity contribution in [2.75, 3.05) is 36.5 Å². The van der Waals surface area contributed by atoms with Gasteiger partial charge in [0.2, 0.25) is 0 Å². The van der Waals surface area contributed by atoms with Gasteiger partial charge in [0.25, 0.3) is 5.91 Å². The van der Waals surface area contributed by atoms with Crippen molar-refractivity contribution in [3.63, 3.8) is 0 Å². The van der Waals surface area contributed by atoms with Crippen molar-refractivity contribution < 1.29 is 9.53 Å². The highest BCUT2D eigenvalue weighted by Gasteiger charge is 2.21. The number of hydrogen-bond donors (Lipinski definition) is 1. The second-order valence-corrected chi connectivity index (χ2v) is 6.64. The predicted molar refractivity (Wildman–Crippen MR) is 99.5 cm³/mol. The number of halogens is 4. The minimum absolute atomic E-state index is 0.00197. The molecule has 6 nitrogen and oxygen atoms in total. The van der Waals surface area contributed by atoms with E-state index in [0.717, 1.165) is 18.8 Å². The second-order valence-electron chi connectivity index (χ2n) is 5.15. The minimum atomic E-state index is -0.586. The van der Waals surface area contributed by atoms with Crippen molar-refractivity contribution in [2.45, 2.75) is 0 Å². The Morgan fingerprint density at radius 3 is 2.44 bits per heavy atom. The first-order valence-electron chi connectivity index (χ1n) is 7.27. The van der Waals surface area contributed by atoms with E-state index >= 15 is 0 Å². The lowest BCUT2D eigenvalue weighted by molar-refractivity contribution is 0.102. The molecule has 0 saturated carbocycles. The molecule has 0 radical (unpaired) electrons. The average molecular weight is 422 g/mol. The van der Waals surface area contributed by atoms with E-state index in [1.807, 2.05) is 6.07 Å². The van der Waals surface area contributed by atoms with E-state index in [1.54, 1.807) is 12.3 Å². The number of pyridine rings is 2. The van der Waals surface area contributed by atoms with E-state index in [0.29, 0.717) is 19.0 Å². The standard InChI is InChI=1S/C15H12Cl4N4O2/c16-10-11(17)13(22-14(19)12(10)18)15(24)21-9-2-1-8(7-20-9)23-3-5-25-6-4-23/h1-2,7H,3-6H2,(H,20,21,24). The molecule has 0 atom stereocenters. The first-order valence-corrected chi connectivity index (χ1v) is 8.78. The Bertz CT molecular complexity index is 795. The molecule has 3 heterocycles. The van der Waals surface area contributed by atoms with Gasteiger partial charge in [-0.2, -0.15) is 0 Å². The first kappa shape index (κ1) is 18.5. The molecule has 0 bridgehead atoms. The van der Waals surface area contributed by atoms with Crippen LogP contribution in [0.2, 0.25) is 20.2 Å². The molecular formula is C15H12Cl4N4O2. The fourth-order valence-corrected chi connectivity index (χ4v) is 3.10. The maximum Gasteiger partial charge on any atom is 0.277 e. The number of morpholine rings is 1. The highest BCUT2D eigenvalue weighted by Crippen LogP contribution is 2.36. The summed E-state index contributed by atoms with van der Waals surface area (Å²) in [5.41, 5.74) is 0.829. The van der Waals surface area contributed by atoms with Gasteiger partial charge in [-0.25, -0.2) is 9.97 Å². The van der Waals surface area contributed by atoms with Gasteiger partial charge in [-0.05, 0) is 12.1 Å². The number of anilines is 2. The van der Waals surface area contributed by atoms with Crippen LogP contribution in [0.4, 0.5) is 11.5 Å². The van der Waals surface area contributed by atoms with Crippen LogP contribution in [-0.4, -0.2) is 42.2 Å². The molecule has 2 aromatic rings. The van der Waals surface area contributed by atoms with Crippen molar-refractivity contribution in [3.8, 4) is 0 Å². The molecule has 1 aliphatic rings. The van der Waals surface area contributed by atoms with Gasteiger partial charge in [-0.15, -0.1) is 0 Å². The minimum Gasteiger partial charge on any atom is -0.378 e. The molecule has 1 amide bonds. The van der Waals surface area contributed by atoms with Crippen molar-refractivity contribution in [1.29, 1.82) is 0 Å². The third-order valence-corrected chi connectivity index (χ3v) is 5.24. The Morgan fingerprint density at radius 2 is 1.80 bits per heavy atom. The zero-order chi connectivity index (χ0) is 18.0. The van der Waals surface area contributed by atoms with Crippen molar-refractivity contribution in [2.24, 2.45) is 0 Å². The van der Waals surface area contributed by atoms with E-state index in [1.165, 1.54) is 0 Å². The summed E-state index contributed by atoms with van der Waals surface area (Å²) in [6.45, 7) is 2.96.